The number of nitrogens with zero attached hydrogens (tertiary/aromatic N) is 1. The molecular weight excluding hydrogens is 506 g/mol. The van der Waals surface area contributed by atoms with Crippen LogP contribution in [-0.2, 0) is 30.4 Å². The molecule has 0 spiro atoms. The van der Waals surface area contributed by atoms with E-state index >= 15 is 0 Å². The predicted molar refractivity (Wildman–Crippen MR) is 141 cm³/mol. The van der Waals surface area contributed by atoms with Crippen LogP contribution in [0.2, 0.25) is 0 Å². The summed E-state index contributed by atoms with van der Waals surface area (Å²) < 4.78 is 10.9. The number of piperidine rings is 1. The third-order valence-electron chi connectivity index (χ3n) is 6.41. The molecule has 5 N–H and O–H groups in total. The number of fused-ring (bicyclic) bond motifs is 1. The van der Waals surface area contributed by atoms with Gasteiger partial charge in [-0.3, -0.25) is 29.3 Å². The molecule has 39 heavy (non-hydrogen) atoms. The van der Waals surface area contributed by atoms with Gasteiger partial charge in [-0.25, -0.2) is 0 Å². The Labute approximate surface area is 225 Å². The summed E-state index contributed by atoms with van der Waals surface area (Å²) in [5.41, 5.74) is 8.28. The molecule has 2 aliphatic heterocycles. The van der Waals surface area contributed by atoms with Crippen LogP contribution < -0.4 is 21.7 Å². The maximum absolute atomic E-state index is 12.9. The topological polar surface area (TPSA) is 169 Å². The SMILES string of the molecule is Nc1ccc(C(=O)NCCOCCOCCC(=O)Nc2cccc3c2CN(C2CCC(=O)NC2=O)C3=O)cc1. The van der Waals surface area contributed by atoms with Gasteiger partial charge in [0, 0.05) is 47.6 Å². The average molecular weight is 538 g/mol. The molecule has 1 saturated heterocycles. The van der Waals surface area contributed by atoms with Crippen LogP contribution in [0.1, 0.15) is 45.5 Å². The molecule has 0 aliphatic carbocycles. The predicted octanol–water partition coefficient (Wildman–Crippen LogP) is 0.822. The largest absolute Gasteiger partial charge is 0.399 e. The summed E-state index contributed by atoms with van der Waals surface area (Å²) in [5, 5.41) is 7.84. The highest BCUT2D eigenvalue weighted by Crippen LogP contribution is 2.32. The van der Waals surface area contributed by atoms with Crippen molar-refractivity contribution >= 4 is 40.9 Å². The minimum atomic E-state index is -0.721. The summed E-state index contributed by atoms with van der Waals surface area (Å²) in [5.74, 6) is -1.62. The van der Waals surface area contributed by atoms with E-state index in [9.17, 15) is 24.0 Å². The number of anilines is 2. The van der Waals surface area contributed by atoms with Crippen LogP contribution in [0.5, 0.6) is 0 Å². The number of ether oxygens (including phenoxy) is 2. The summed E-state index contributed by atoms with van der Waals surface area (Å²) >= 11 is 0. The first-order valence-corrected chi connectivity index (χ1v) is 12.7. The number of rotatable bonds is 12. The normalized spacial score (nSPS) is 16.6. The van der Waals surface area contributed by atoms with Crippen molar-refractivity contribution in [2.24, 2.45) is 0 Å². The third kappa shape index (κ3) is 7.18. The molecule has 12 heteroatoms. The van der Waals surface area contributed by atoms with Crippen molar-refractivity contribution in [3.8, 4) is 0 Å². The van der Waals surface area contributed by atoms with Crippen molar-refractivity contribution < 1.29 is 33.4 Å². The van der Waals surface area contributed by atoms with Gasteiger partial charge in [0.1, 0.15) is 6.04 Å². The fraction of sp³-hybridized carbons (Fsp3) is 0.370. The number of nitrogens with two attached hydrogens (primary N) is 1. The lowest BCUT2D eigenvalue weighted by Gasteiger charge is -2.29. The summed E-state index contributed by atoms with van der Waals surface area (Å²) in [6.45, 7) is 1.61. The molecule has 2 aromatic rings. The molecule has 1 fully saturated rings. The third-order valence-corrected chi connectivity index (χ3v) is 6.41. The van der Waals surface area contributed by atoms with E-state index in [1.54, 1.807) is 42.5 Å². The van der Waals surface area contributed by atoms with E-state index in [4.69, 9.17) is 15.2 Å². The summed E-state index contributed by atoms with van der Waals surface area (Å²) in [6.07, 6.45) is 0.545. The molecule has 1 atom stereocenters. The lowest BCUT2D eigenvalue weighted by Crippen LogP contribution is -2.52. The number of imide groups is 1. The van der Waals surface area contributed by atoms with Crippen molar-refractivity contribution in [3.05, 3.63) is 59.2 Å². The van der Waals surface area contributed by atoms with Crippen LogP contribution in [0.15, 0.2) is 42.5 Å². The number of amides is 5. The minimum Gasteiger partial charge on any atom is -0.399 e. The summed E-state index contributed by atoms with van der Waals surface area (Å²) in [6, 6.07) is 10.9. The van der Waals surface area contributed by atoms with E-state index in [0.29, 0.717) is 47.8 Å². The first-order valence-electron chi connectivity index (χ1n) is 12.7. The zero-order valence-electron chi connectivity index (χ0n) is 21.4. The Morgan fingerprint density at radius 2 is 1.74 bits per heavy atom. The Kier molecular flexibility index (Phi) is 9.23. The van der Waals surface area contributed by atoms with Gasteiger partial charge in [0.25, 0.3) is 11.8 Å². The first kappa shape index (κ1) is 27.7. The van der Waals surface area contributed by atoms with Gasteiger partial charge in [-0.2, -0.15) is 0 Å². The van der Waals surface area contributed by atoms with Gasteiger partial charge in [0.15, 0.2) is 0 Å². The van der Waals surface area contributed by atoms with Crippen LogP contribution in [0.4, 0.5) is 11.4 Å². The standard InChI is InChI=1S/C27H31N5O7/c28-18-6-4-17(5-7-18)25(35)29-11-13-39-15-14-38-12-10-24(34)30-21-3-1-2-19-20(21)16-32(27(19)37)22-8-9-23(33)31-26(22)36/h1-7,22H,8-16,28H2,(H,29,35)(H,30,34)(H,31,33,36). The van der Waals surface area contributed by atoms with Gasteiger partial charge in [-0.15, -0.1) is 0 Å². The fourth-order valence-corrected chi connectivity index (χ4v) is 4.38. The van der Waals surface area contributed by atoms with Crippen LogP contribution in [0.25, 0.3) is 0 Å². The van der Waals surface area contributed by atoms with Crippen LogP contribution >= 0.6 is 0 Å². The van der Waals surface area contributed by atoms with Gasteiger partial charge < -0.3 is 30.7 Å². The van der Waals surface area contributed by atoms with E-state index in [1.165, 1.54) is 4.90 Å². The van der Waals surface area contributed by atoms with Crippen molar-refractivity contribution in [2.75, 3.05) is 44.0 Å². The Bertz CT molecular complexity index is 1250. The molecule has 2 aromatic carbocycles. The number of nitrogens with one attached hydrogen (secondary N) is 3. The molecule has 1 unspecified atom stereocenters. The maximum atomic E-state index is 12.9. The second-order valence-corrected chi connectivity index (χ2v) is 9.13. The van der Waals surface area contributed by atoms with E-state index in [2.05, 4.69) is 16.0 Å². The zero-order valence-corrected chi connectivity index (χ0v) is 21.4. The molecule has 0 radical (unpaired) electrons. The second-order valence-electron chi connectivity index (χ2n) is 9.13. The summed E-state index contributed by atoms with van der Waals surface area (Å²) in [7, 11) is 0. The lowest BCUT2D eigenvalue weighted by atomic mass is 10.0. The Morgan fingerprint density at radius 1 is 1.00 bits per heavy atom. The van der Waals surface area contributed by atoms with E-state index in [1.807, 2.05) is 0 Å². The van der Waals surface area contributed by atoms with Gasteiger partial charge in [0.2, 0.25) is 17.7 Å². The molecule has 206 valence electrons. The number of hydrogen-bond donors (Lipinski definition) is 4. The molecular formula is C27H31N5O7. The number of carbonyl (C=O) groups excluding carboxylic acids is 5. The van der Waals surface area contributed by atoms with Gasteiger partial charge in [0.05, 0.1) is 32.8 Å². The minimum absolute atomic E-state index is 0.103. The van der Waals surface area contributed by atoms with Crippen LogP contribution in [0, 0.1) is 0 Å². The van der Waals surface area contributed by atoms with Crippen LogP contribution in [0.3, 0.4) is 0 Å². The monoisotopic (exact) mass is 537 g/mol. The number of benzene rings is 2. The quantitative estimate of drug-likeness (QED) is 0.175. The van der Waals surface area contributed by atoms with Crippen molar-refractivity contribution in [1.29, 1.82) is 0 Å². The van der Waals surface area contributed by atoms with E-state index < -0.39 is 11.9 Å². The zero-order chi connectivity index (χ0) is 27.8. The Hall–Kier alpha value is -4.29. The Balaban J connectivity index is 1.12. The highest BCUT2D eigenvalue weighted by atomic mass is 16.5. The Morgan fingerprint density at radius 3 is 2.49 bits per heavy atom. The highest BCUT2D eigenvalue weighted by molar-refractivity contribution is 6.06. The van der Waals surface area contributed by atoms with Crippen molar-refractivity contribution in [1.82, 2.24) is 15.5 Å². The highest BCUT2D eigenvalue weighted by Gasteiger charge is 2.39. The molecule has 0 saturated carbocycles. The smallest absolute Gasteiger partial charge is 0.255 e. The number of nitrogen functional groups attached to an aromatic ring is 1. The molecule has 12 nitrogen and oxygen atoms in total. The molecule has 0 bridgehead atoms. The van der Waals surface area contributed by atoms with Gasteiger partial charge >= 0.3 is 0 Å². The molecule has 2 aliphatic rings. The first-order chi connectivity index (χ1) is 18.8. The number of carbonyl (C=O) groups is 5. The second kappa shape index (κ2) is 13.0. The maximum Gasteiger partial charge on any atom is 0.255 e. The molecule has 4 rings (SSSR count). The van der Waals surface area contributed by atoms with Crippen molar-refractivity contribution in [3.63, 3.8) is 0 Å². The lowest BCUT2D eigenvalue weighted by molar-refractivity contribution is -0.137. The van der Waals surface area contributed by atoms with Gasteiger partial charge in [-0.05, 0) is 42.8 Å². The van der Waals surface area contributed by atoms with E-state index in [-0.39, 0.29) is 62.6 Å². The number of hydrogen-bond acceptors (Lipinski definition) is 8. The average Bonchev–Trinajstić information content (AvgIpc) is 3.25. The summed E-state index contributed by atoms with van der Waals surface area (Å²) in [4.78, 5) is 62.5. The fourth-order valence-electron chi connectivity index (χ4n) is 4.38. The molecule has 5 amide bonds. The van der Waals surface area contributed by atoms with Crippen LogP contribution in [-0.4, -0.2) is 73.4 Å². The molecule has 2 heterocycles. The molecule has 0 aromatic heterocycles. The van der Waals surface area contributed by atoms with Crippen molar-refractivity contribution in [2.45, 2.75) is 31.8 Å². The van der Waals surface area contributed by atoms with Gasteiger partial charge in [-0.1, -0.05) is 6.07 Å². The van der Waals surface area contributed by atoms with E-state index in [0.717, 1.165) is 0 Å².